The van der Waals surface area contributed by atoms with E-state index in [1.807, 2.05) is 13.0 Å². The molecular weight excluding hydrogens is 300 g/mol. The van der Waals surface area contributed by atoms with Crippen LogP contribution in [0.4, 0.5) is 5.69 Å². The maximum atomic E-state index is 6.28. The molecule has 1 unspecified atom stereocenters. The molecule has 24 heavy (non-hydrogen) atoms. The van der Waals surface area contributed by atoms with Crippen molar-refractivity contribution in [3.8, 4) is 0 Å². The molecule has 2 N–H and O–H groups in total. The number of hydrogen-bond acceptors (Lipinski definition) is 4. The zero-order valence-electron chi connectivity index (χ0n) is 15.6. The van der Waals surface area contributed by atoms with Crippen molar-refractivity contribution in [1.29, 1.82) is 0 Å². The highest BCUT2D eigenvalue weighted by molar-refractivity contribution is 6.03. The van der Waals surface area contributed by atoms with Gasteiger partial charge in [0.05, 0.1) is 11.4 Å². The monoisotopic (exact) mass is 330 g/mol. The molecule has 0 spiro atoms. The molecule has 0 heterocycles. The topological polar surface area (TPSA) is 56.8 Å². The fourth-order valence-corrected chi connectivity index (χ4v) is 3.20. The van der Waals surface area contributed by atoms with E-state index >= 15 is 0 Å². The van der Waals surface area contributed by atoms with Crippen LogP contribution in [0.25, 0.3) is 0 Å². The summed E-state index contributed by atoms with van der Waals surface area (Å²) in [6.45, 7) is 8.91. The zero-order valence-corrected chi connectivity index (χ0v) is 15.6. The van der Waals surface area contributed by atoms with Gasteiger partial charge in [-0.15, -0.1) is 0 Å². The maximum Gasteiger partial charge on any atom is 0.173 e. The van der Waals surface area contributed by atoms with Crippen molar-refractivity contribution in [2.24, 2.45) is 10.7 Å². The molecule has 1 aliphatic carbocycles. The molecule has 1 aromatic carbocycles. The molecule has 1 aromatic rings. The first-order chi connectivity index (χ1) is 11.5. The summed E-state index contributed by atoms with van der Waals surface area (Å²) < 4.78 is 11.7. The average Bonchev–Trinajstić information content (AvgIpc) is 2.59. The van der Waals surface area contributed by atoms with Gasteiger partial charge in [0.2, 0.25) is 0 Å². The molecule has 0 radical (unpaired) electrons. The summed E-state index contributed by atoms with van der Waals surface area (Å²) in [5.74, 6) is -0.594. The molecule has 1 aliphatic rings. The van der Waals surface area contributed by atoms with Crippen molar-refractivity contribution in [3.63, 3.8) is 0 Å². The van der Waals surface area contributed by atoms with Gasteiger partial charge in [-0.25, -0.2) is 0 Å². The van der Waals surface area contributed by atoms with Crippen LogP contribution in [-0.4, -0.2) is 25.2 Å². The number of nitrogens with two attached hydrogens (primary N) is 1. The summed E-state index contributed by atoms with van der Waals surface area (Å²) in [4.78, 5) is 4.97. The Morgan fingerprint density at radius 2 is 2.04 bits per heavy atom. The predicted octanol–water partition coefficient (Wildman–Crippen LogP) is 4.56. The van der Waals surface area contributed by atoms with E-state index in [1.165, 1.54) is 11.1 Å². The third kappa shape index (κ3) is 3.87. The first-order valence-electron chi connectivity index (χ1n) is 8.77. The van der Waals surface area contributed by atoms with Gasteiger partial charge in [0.15, 0.2) is 5.79 Å². The van der Waals surface area contributed by atoms with E-state index in [0.717, 1.165) is 41.9 Å². The molecule has 1 atom stereocenters. The lowest BCUT2D eigenvalue weighted by Crippen LogP contribution is -2.41. The molecular formula is C20H30N2O2. The minimum absolute atomic E-state index is 0.594. The maximum absolute atomic E-state index is 6.28. The number of aryl methyl sites for hydroxylation is 1. The van der Waals surface area contributed by atoms with Gasteiger partial charge in [0, 0.05) is 32.3 Å². The van der Waals surface area contributed by atoms with Gasteiger partial charge in [-0.1, -0.05) is 19.1 Å². The molecule has 2 rings (SSSR count). The highest BCUT2D eigenvalue weighted by Gasteiger charge is 2.38. The minimum Gasteiger partial charge on any atom is -0.402 e. The number of ether oxygens (including phenoxy) is 2. The van der Waals surface area contributed by atoms with Crippen molar-refractivity contribution >= 4 is 11.4 Å². The van der Waals surface area contributed by atoms with Crippen LogP contribution < -0.4 is 5.73 Å². The Labute approximate surface area is 145 Å². The molecule has 0 amide bonds. The molecule has 0 saturated heterocycles. The molecule has 1 fully saturated rings. The summed E-state index contributed by atoms with van der Waals surface area (Å²) in [5, 5.41) is 0. The quantitative estimate of drug-likeness (QED) is 0.805. The van der Waals surface area contributed by atoms with Gasteiger partial charge >= 0.3 is 0 Å². The van der Waals surface area contributed by atoms with Crippen LogP contribution in [0.1, 0.15) is 50.7 Å². The lowest BCUT2D eigenvalue weighted by atomic mass is 9.85. The third-order valence-electron chi connectivity index (χ3n) is 4.92. The summed E-state index contributed by atoms with van der Waals surface area (Å²) in [6, 6.07) is 6.21. The zero-order chi connectivity index (χ0) is 17.7. The fourth-order valence-electron chi connectivity index (χ4n) is 3.20. The Kier molecular flexibility index (Phi) is 6.19. The predicted molar refractivity (Wildman–Crippen MR) is 99.7 cm³/mol. The summed E-state index contributed by atoms with van der Waals surface area (Å²) in [5.41, 5.74) is 12.8. The molecule has 4 nitrogen and oxygen atoms in total. The van der Waals surface area contributed by atoms with E-state index in [2.05, 4.69) is 32.9 Å². The number of benzene rings is 1. The number of methoxy groups -OCH3 is 1. The van der Waals surface area contributed by atoms with Crippen molar-refractivity contribution in [2.45, 2.75) is 59.2 Å². The van der Waals surface area contributed by atoms with E-state index in [9.17, 15) is 0 Å². The lowest BCUT2D eigenvalue weighted by molar-refractivity contribution is -0.220. The second-order valence-corrected chi connectivity index (χ2v) is 6.36. The van der Waals surface area contributed by atoms with E-state index in [-0.39, 0.29) is 0 Å². The summed E-state index contributed by atoms with van der Waals surface area (Å²) >= 11 is 0. The first-order valence-corrected chi connectivity index (χ1v) is 8.77. The minimum atomic E-state index is -0.594. The van der Waals surface area contributed by atoms with Crippen LogP contribution in [0.2, 0.25) is 0 Å². The number of hydrogen-bond donors (Lipinski definition) is 1. The number of allylic oxidation sites excluding steroid dienone is 2. The Hall–Kier alpha value is -1.65. The van der Waals surface area contributed by atoms with Crippen LogP contribution in [0.3, 0.4) is 0 Å². The molecule has 132 valence electrons. The van der Waals surface area contributed by atoms with E-state index in [0.29, 0.717) is 13.0 Å². The SMILES string of the molecule is CCOC1(OC)CC/C(=C(/N)CC)C(=Nc2cccc(C)c2C)C1. The van der Waals surface area contributed by atoms with Gasteiger partial charge in [0.1, 0.15) is 0 Å². The van der Waals surface area contributed by atoms with Gasteiger partial charge in [0.25, 0.3) is 0 Å². The van der Waals surface area contributed by atoms with Gasteiger partial charge in [-0.3, -0.25) is 4.99 Å². The van der Waals surface area contributed by atoms with Crippen LogP contribution in [0.5, 0.6) is 0 Å². The second-order valence-electron chi connectivity index (χ2n) is 6.36. The molecule has 0 bridgehead atoms. The Bertz CT molecular complexity index is 649. The highest BCUT2D eigenvalue weighted by Crippen LogP contribution is 2.36. The average molecular weight is 330 g/mol. The molecule has 0 aliphatic heterocycles. The Morgan fingerprint density at radius 1 is 1.29 bits per heavy atom. The Morgan fingerprint density at radius 3 is 2.67 bits per heavy atom. The van der Waals surface area contributed by atoms with Crippen LogP contribution in [-0.2, 0) is 9.47 Å². The highest BCUT2D eigenvalue weighted by atomic mass is 16.7. The smallest absolute Gasteiger partial charge is 0.173 e. The second kappa shape index (κ2) is 7.95. The van der Waals surface area contributed by atoms with E-state index in [4.69, 9.17) is 20.2 Å². The van der Waals surface area contributed by atoms with Gasteiger partial charge in [-0.05, 0) is 56.4 Å². The normalized spacial score (nSPS) is 25.1. The molecule has 4 heteroatoms. The van der Waals surface area contributed by atoms with E-state index in [1.54, 1.807) is 7.11 Å². The summed E-state index contributed by atoms with van der Waals surface area (Å²) in [7, 11) is 1.71. The van der Waals surface area contributed by atoms with Crippen molar-refractivity contribution in [1.82, 2.24) is 0 Å². The first kappa shape index (κ1) is 18.7. The Balaban J connectivity index is 2.49. The van der Waals surface area contributed by atoms with Gasteiger partial charge < -0.3 is 15.2 Å². The van der Waals surface area contributed by atoms with Gasteiger partial charge in [-0.2, -0.15) is 0 Å². The van der Waals surface area contributed by atoms with Crippen LogP contribution in [0, 0.1) is 13.8 Å². The fraction of sp³-hybridized carbons (Fsp3) is 0.550. The van der Waals surface area contributed by atoms with Crippen molar-refractivity contribution < 1.29 is 9.47 Å². The number of rotatable bonds is 5. The van der Waals surface area contributed by atoms with E-state index < -0.39 is 5.79 Å². The standard InChI is InChI=1S/C20H30N2O2/c1-6-17(21)16-11-12-20(23-5,24-7-2)13-19(16)22-18-10-8-9-14(3)15(18)4/h8-10H,6-7,11-13,21H2,1-5H3/b17-16-,22-19?. The third-order valence-corrected chi connectivity index (χ3v) is 4.92. The number of aliphatic imine (C=N–C) groups is 1. The van der Waals surface area contributed by atoms with Crippen LogP contribution in [0.15, 0.2) is 34.5 Å². The van der Waals surface area contributed by atoms with Crippen molar-refractivity contribution in [3.05, 3.63) is 40.6 Å². The molecule has 1 saturated carbocycles. The lowest BCUT2D eigenvalue weighted by Gasteiger charge is -2.37. The largest absolute Gasteiger partial charge is 0.402 e. The molecule has 0 aromatic heterocycles. The number of nitrogens with zero attached hydrogens (tertiary/aromatic N) is 1. The summed E-state index contributed by atoms with van der Waals surface area (Å²) in [6.07, 6.45) is 3.09. The van der Waals surface area contributed by atoms with Crippen molar-refractivity contribution in [2.75, 3.05) is 13.7 Å². The van der Waals surface area contributed by atoms with Crippen LogP contribution >= 0.6 is 0 Å².